The van der Waals surface area contributed by atoms with E-state index in [0.29, 0.717) is 19.6 Å². The van der Waals surface area contributed by atoms with Gasteiger partial charge in [-0.25, -0.2) is 0 Å². The van der Waals surface area contributed by atoms with E-state index in [0.717, 1.165) is 24.2 Å². The zero-order chi connectivity index (χ0) is 13.7. The summed E-state index contributed by atoms with van der Waals surface area (Å²) in [4.78, 5) is 14.3. The number of Topliss-reactive ketones (excluding diaryl/α,β-unsaturated/α-hetero) is 1. The highest BCUT2D eigenvalue weighted by atomic mass is 16.5. The molecular weight excluding hydrogens is 242 g/mol. The SMILES string of the molecule is Cc1cccc(C(=O)CCN2CCOC(CO)C2)c1. The minimum Gasteiger partial charge on any atom is -0.394 e. The van der Waals surface area contributed by atoms with Crippen molar-refractivity contribution in [1.82, 2.24) is 4.90 Å². The molecule has 1 N–H and O–H groups in total. The normalized spacial score (nSPS) is 20.4. The van der Waals surface area contributed by atoms with Gasteiger partial charge in [-0.05, 0) is 13.0 Å². The number of aliphatic hydroxyl groups is 1. The third kappa shape index (κ3) is 4.13. The molecular formula is C15H21NO3. The van der Waals surface area contributed by atoms with Crippen LogP contribution in [0.5, 0.6) is 0 Å². The highest BCUT2D eigenvalue weighted by molar-refractivity contribution is 5.96. The lowest BCUT2D eigenvalue weighted by Gasteiger charge is -2.31. The number of nitrogens with zero attached hydrogens (tertiary/aromatic N) is 1. The van der Waals surface area contributed by atoms with E-state index in [1.807, 2.05) is 31.2 Å². The number of carbonyl (C=O) groups is 1. The molecule has 1 aliphatic rings. The van der Waals surface area contributed by atoms with E-state index in [-0.39, 0.29) is 18.5 Å². The van der Waals surface area contributed by atoms with Gasteiger partial charge in [0.05, 0.1) is 19.3 Å². The molecule has 2 rings (SSSR count). The minimum absolute atomic E-state index is 0.0440. The van der Waals surface area contributed by atoms with Gasteiger partial charge in [-0.2, -0.15) is 0 Å². The van der Waals surface area contributed by atoms with Gasteiger partial charge in [0.2, 0.25) is 0 Å². The Bertz CT molecular complexity index is 433. The van der Waals surface area contributed by atoms with Crippen LogP contribution in [0.2, 0.25) is 0 Å². The van der Waals surface area contributed by atoms with Gasteiger partial charge < -0.3 is 9.84 Å². The molecule has 1 heterocycles. The van der Waals surface area contributed by atoms with Gasteiger partial charge in [-0.15, -0.1) is 0 Å². The van der Waals surface area contributed by atoms with Gasteiger partial charge in [0.15, 0.2) is 5.78 Å². The van der Waals surface area contributed by atoms with Crippen LogP contribution in [0.1, 0.15) is 22.3 Å². The maximum absolute atomic E-state index is 12.1. The molecule has 0 bridgehead atoms. The predicted molar refractivity (Wildman–Crippen MR) is 73.4 cm³/mol. The molecule has 1 atom stereocenters. The Hall–Kier alpha value is -1.23. The summed E-state index contributed by atoms with van der Waals surface area (Å²) < 4.78 is 5.39. The summed E-state index contributed by atoms with van der Waals surface area (Å²) in [7, 11) is 0. The number of ketones is 1. The first kappa shape index (κ1) is 14.2. The monoisotopic (exact) mass is 263 g/mol. The summed E-state index contributed by atoms with van der Waals surface area (Å²) in [5, 5.41) is 9.08. The number of carbonyl (C=O) groups excluding carboxylic acids is 1. The lowest BCUT2D eigenvalue weighted by atomic mass is 10.1. The number of rotatable bonds is 5. The summed E-state index contributed by atoms with van der Waals surface area (Å²) in [6.45, 7) is 4.93. The summed E-state index contributed by atoms with van der Waals surface area (Å²) in [5.74, 6) is 0.177. The quantitative estimate of drug-likeness (QED) is 0.813. The van der Waals surface area contributed by atoms with Crippen LogP contribution in [0, 0.1) is 6.92 Å². The molecule has 1 aromatic rings. The second-order valence-corrected chi connectivity index (χ2v) is 5.02. The number of benzene rings is 1. The number of morpholine rings is 1. The van der Waals surface area contributed by atoms with Crippen molar-refractivity contribution in [3.8, 4) is 0 Å². The van der Waals surface area contributed by atoms with Crippen LogP contribution in [0.15, 0.2) is 24.3 Å². The van der Waals surface area contributed by atoms with Crippen LogP contribution >= 0.6 is 0 Å². The number of ether oxygens (including phenoxy) is 1. The third-order valence-corrected chi connectivity index (χ3v) is 3.42. The van der Waals surface area contributed by atoms with E-state index in [2.05, 4.69) is 4.90 Å². The molecule has 0 spiro atoms. The Morgan fingerprint density at radius 1 is 1.53 bits per heavy atom. The average Bonchev–Trinajstić information content (AvgIpc) is 2.45. The maximum atomic E-state index is 12.1. The molecule has 0 radical (unpaired) electrons. The Morgan fingerprint density at radius 3 is 3.11 bits per heavy atom. The zero-order valence-corrected chi connectivity index (χ0v) is 11.3. The smallest absolute Gasteiger partial charge is 0.164 e. The number of hydrogen-bond acceptors (Lipinski definition) is 4. The summed E-state index contributed by atoms with van der Waals surface area (Å²) in [6, 6.07) is 7.70. The fourth-order valence-electron chi connectivity index (χ4n) is 2.32. The standard InChI is InChI=1S/C15H21NO3/c1-12-3-2-4-13(9-12)15(18)5-6-16-7-8-19-14(10-16)11-17/h2-4,9,14,17H,5-8,10-11H2,1H3. The molecule has 0 saturated carbocycles. The summed E-state index contributed by atoms with van der Waals surface area (Å²) in [5.41, 5.74) is 1.89. The van der Waals surface area contributed by atoms with Crippen LogP contribution in [-0.4, -0.2) is 54.7 Å². The first-order valence-corrected chi connectivity index (χ1v) is 6.73. The molecule has 104 valence electrons. The Balaban J connectivity index is 1.83. The van der Waals surface area contributed by atoms with Crippen molar-refractivity contribution in [2.24, 2.45) is 0 Å². The third-order valence-electron chi connectivity index (χ3n) is 3.42. The molecule has 1 unspecified atom stereocenters. The van der Waals surface area contributed by atoms with Crippen molar-refractivity contribution >= 4 is 5.78 Å². The van der Waals surface area contributed by atoms with Crippen LogP contribution in [0.4, 0.5) is 0 Å². The van der Waals surface area contributed by atoms with Crippen LogP contribution in [-0.2, 0) is 4.74 Å². The topological polar surface area (TPSA) is 49.8 Å². The first-order valence-electron chi connectivity index (χ1n) is 6.73. The van der Waals surface area contributed by atoms with Gasteiger partial charge in [0.25, 0.3) is 0 Å². The van der Waals surface area contributed by atoms with Gasteiger partial charge in [-0.1, -0.05) is 23.8 Å². The maximum Gasteiger partial charge on any atom is 0.164 e. The lowest BCUT2D eigenvalue weighted by Crippen LogP contribution is -2.44. The van der Waals surface area contributed by atoms with Crippen molar-refractivity contribution < 1.29 is 14.6 Å². The van der Waals surface area contributed by atoms with E-state index in [4.69, 9.17) is 9.84 Å². The van der Waals surface area contributed by atoms with Crippen molar-refractivity contribution in [3.05, 3.63) is 35.4 Å². The van der Waals surface area contributed by atoms with Crippen molar-refractivity contribution in [1.29, 1.82) is 0 Å². The van der Waals surface area contributed by atoms with E-state index in [1.54, 1.807) is 0 Å². The molecule has 0 amide bonds. The molecule has 4 nitrogen and oxygen atoms in total. The zero-order valence-electron chi connectivity index (χ0n) is 11.3. The van der Waals surface area contributed by atoms with Gasteiger partial charge in [0.1, 0.15) is 0 Å². The molecule has 0 aliphatic carbocycles. The highest BCUT2D eigenvalue weighted by Gasteiger charge is 2.20. The summed E-state index contributed by atoms with van der Waals surface area (Å²) >= 11 is 0. The van der Waals surface area contributed by atoms with E-state index in [1.165, 1.54) is 0 Å². The molecule has 1 saturated heterocycles. The average molecular weight is 263 g/mol. The first-order chi connectivity index (χ1) is 9.19. The number of aliphatic hydroxyl groups excluding tert-OH is 1. The second-order valence-electron chi connectivity index (χ2n) is 5.02. The largest absolute Gasteiger partial charge is 0.394 e. The second kappa shape index (κ2) is 6.80. The molecule has 1 fully saturated rings. The van der Waals surface area contributed by atoms with E-state index >= 15 is 0 Å². The van der Waals surface area contributed by atoms with Crippen LogP contribution in [0.25, 0.3) is 0 Å². The van der Waals surface area contributed by atoms with E-state index < -0.39 is 0 Å². The fraction of sp³-hybridized carbons (Fsp3) is 0.533. The van der Waals surface area contributed by atoms with Gasteiger partial charge in [0, 0.05) is 31.6 Å². The van der Waals surface area contributed by atoms with Crippen molar-refractivity contribution in [2.75, 3.05) is 32.8 Å². The van der Waals surface area contributed by atoms with Crippen molar-refractivity contribution in [2.45, 2.75) is 19.4 Å². The summed E-state index contributed by atoms with van der Waals surface area (Å²) in [6.07, 6.45) is 0.407. The highest BCUT2D eigenvalue weighted by Crippen LogP contribution is 2.09. The fourth-order valence-corrected chi connectivity index (χ4v) is 2.32. The Morgan fingerprint density at radius 2 is 2.37 bits per heavy atom. The predicted octanol–water partition coefficient (Wildman–Crippen LogP) is 1.26. The van der Waals surface area contributed by atoms with Crippen LogP contribution in [0.3, 0.4) is 0 Å². The van der Waals surface area contributed by atoms with Gasteiger partial charge >= 0.3 is 0 Å². The number of hydrogen-bond donors (Lipinski definition) is 1. The molecule has 1 aromatic carbocycles. The Kier molecular flexibility index (Phi) is 5.07. The minimum atomic E-state index is -0.108. The van der Waals surface area contributed by atoms with Gasteiger partial charge in [-0.3, -0.25) is 9.69 Å². The van der Waals surface area contributed by atoms with Crippen molar-refractivity contribution in [3.63, 3.8) is 0 Å². The molecule has 0 aromatic heterocycles. The van der Waals surface area contributed by atoms with Crippen LogP contribution < -0.4 is 0 Å². The lowest BCUT2D eigenvalue weighted by molar-refractivity contribution is -0.0523. The number of aryl methyl sites for hydroxylation is 1. The molecule has 4 heteroatoms. The molecule has 19 heavy (non-hydrogen) atoms. The molecule has 1 aliphatic heterocycles. The van der Waals surface area contributed by atoms with E-state index in [9.17, 15) is 4.79 Å². The Labute approximate surface area is 114 Å².